The van der Waals surface area contributed by atoms with Crippen LogP contribution in [0.5, 0.6) is 0 Å². The Morgan fingerprint density at radius 1 is 1.24 bits per heavy atom. The van der Waals surface area contributed by atoms with Gasteiger partial charge in [0.1, 0.15) is 0 Å². The van der Waals surface area contributed by atoms with Gasteiger partial charge in [0.15, 0.2) is 0 Å². The molecule has 3 heteroatoms. The zero-order valence-corrected chi connectivity index (χ0v) is 11.9. The van der Waals surface area contributed by atoms with Gasteiger partial charge in [0, 0.05) is 22.2 Å². The number of nitrogens with zero attached hydrogens (tertiary/aromatic N) is 1. The molecule has 1 nitrogen and oxygen atoms in total. The summed E-state index contributed by atoms with van der Waals surface area (Å²) in [6.45, 7) is 2.10. The highest BCUT2D eigenvalue weighted by atomic mass is 79.9. The number of alkyl halides is 1. The Balaban J connectivity index is 2.20. The van der Waals surface area contributed by atoms with Gasteiger partial charge >= 0.3 is 0 Å². The maximum Gasteiger partial charge on any atom is 0.0438 e. The van der Waals surface area contributed by atoms with E-state index in [9.17, 15) is 0 Å². The van der Waals surface area contributed by atoms with Crippen molar-refractivity contribution in [1.82, 2.24) is 4.98 Å². The summed E-state index contributed by atoms with van der Waals surface area (Å²) in [7, 11) is 0. The Labute approximate surface area is 115 Å². The van der Waals surface area contributed by atoms with Crippen LogP contribution in [0.25, 0.3) is 0 Å². The highest BCUT2D eigenvalue weighted by Crippen LogP contribution is 2.31. The Morgan fingerprint density at radius 3 is 2.65 bits per heavy atom. The Hall–Kier alpha value is -0.860. The van der Waals surface area contributed by atoms with Crippen LogP contribution in [0.15, 0.2) is 42.7 Å². The lowest BCUT2D eigenvalue weighted by Gasteiger charge is -2.13. The Bertz CT molecular complexity index is 499. The van der Waals surface area contributed by atoms with E-state index in [-0.39, 0.29) is 4.83 Å². The van der Waals surface area contributed by atoms with Gasteiger partial charge in [-0.05, 0) is 54.3 Å². The Morgan fingerprint density at radius 2 is 1.94 bits per heavy atom. The van der Waals surface area contributed by atoms with Crippen LogP contribution in [0, 0.1) is 6.92 Å². The molecule has 0 aliphatic carbocycles. The fourth-order valence-electron chi connectivity index (χ4n) is 1.78. The van der Waals surface area contributed by atoms with Gasteiger partial charge < -0.3 is 0 Å². The third kappa shape index (κ3) is 3.30. The molecule has 0 radical (unpaired) electrons. The molecule has 0 N–H and O–H groups in total. The first-order valence-corrected chi connectivity index (χ1v) is 6.75. The maximum atomic E-state index is 6.03. The largest absolute Gasteiger partial charge is 0.265 e. The number of benzene rings is 1. The van der Waals surface area contributed by atoms with Gasteiger partial charge in [0.2, 0.25) is 0 Å². The van der Waals surface area contributed by atoms with Gasteiger partial charge in [0.05, 0.1) is 0 Å². The van der Waals surface area contributed by atoms with E-state index in [1.54, 1.807) is 0 Å². The van der Waals surface area contributed by atoms with Gasteiger partial charge in [-0.1, -0.05) is 33.6 Å². The van der Waals surface area contributed by atoms with Crippen LogP contribution in [0.1, 0.15) is 21.5 Å². The monoisotopic (exact) mass is 309 g/mol. The SMILES string of the molecule is Cc1ccc(Cl)cc1C(Br)Cc1ccncc1. The minimum Gasteiger partial charge on any atom is -0.265 e. The quantitative estimate of drug-likeness (QED) is 0.747. The van der Waals surface area contributed by atoms with Gasteiger partial charge in [0.25, 0.3) is 0 Å². The molecule has 0 saturated heterocycles. The number of pyridine rings is 1. The lowest BCUT2D eigenvalue weighted by molar-refractivity contribution is 0.934. The highest BCUT2D eigenvalue weighted by molar-refractivity contribution is 9.09. The van der Waals surface area contributed by atoms with Gasteiger partial charge in [-0.3, -0.25) is 4.98 Å². The third-order valence-electron chi connectivity index (χ3n) is 2.74. The van der Waals surface area contributed by atoms with Crippen LogP contribution < -0.4 is 0 Å². The van der Waals surface area contributed by atoms with E-state index < -0.39 is 0 Å². The van der Waals surface area contributed by atoms with Gasteiger partial charge in [-0.15, -0.1) is 0 Å². The molecule has 1 aromatic heterocycles. The molecule has 0 aliphatic heterocycles. The van der Waals surface area contributed by atoms with Crippen molar-refractivity contribution < 1.29 is 0 Å². The zero-order valence-electron chi connectivity index (χ0n) is 9.53. The van der Waals surface area contributed by atoms with Crippen LogP contribution in [0.4, 0.5) is 0 Å². The fraction of sp³-hybridized carbons (Fsp3) is 0.214. The summed E-state index contributed by atoms with van der Waals surface area (Å²) in [5.74, 6) is 0. The Kier molecular flexibility index (Phi) is 4.19. The molecule has 1 aromatic carbocycles. The van der Waals surface area contributed by atoms with Crippen LogP contribution in [-0.2, 0) is 6.42 Å². The summed E-state index contributed by atoms with van der Waals surface area (Å²) >= 11 is 9.76. The molecular formula is C14H13BrClN. The summed E-state index contributed by atoms with van der Waals surface area (Å²) in [6, 6.07) is 10.1. The van der Waals surface area contributed by atoms with Crippen molar-refractivity contribution in [2.45, 2.75) is 18.2 Å². The number of rotatable bonds is 3. The molecule has 0 fully saturated rings. The molecule has 0 aliphatic rings. The fourth-order valence-corrected chi connectivity index (χ4v) is 2.83. The summed E-state index contributed by atoms with van der Waals surface area (Å²) < 4.78 is 0. The first-order chi connectivity index (χ1) is 8.16. The molecule has 88 valence electrons. The second kappa shape index (κ2) is 5.65. The smallest absolute Gasteiger partial charge is 0.0438 e. The molecule has 1 unspecified atom stereocenters. The van der Waals surface area contributed by atoms with Crippen molar-refractivity contribution in [1.29, 1.82) is 0 Å². The molecule has 0 spiro atoms. The molecule has 0 saturated carbocycles. The van der Waals surface area contributed by atoms with Crippen molar-refractivity contribution in [3.8, 4) is 0 Å². The average Bonchev–Trinajstić information content (AvgIpc) is 2.33. The molecule has 0 amide bonds. The van der Waals surface area contributed by atoms with Crippen LogP contribution in [-0.4, -0.2) is 4.98 Å². The van der Waals surface area contributed by atoms with Crippen molar-refractivity contribution >= 4 is 27.5 Å². The lowest BCUT2D eigenvalue weighted by atomic mass is 10.0. The van der Waals surface area contributed by atoms with E-state index in [0.29, 0.717) is 0 Å². The van der Waals surface area contributed by atoms with E-state index in [1.807, 2.05) is 36.7 Å². The molecule has 2 rings (SSSR count). The number of hydrogen-bond acceptors (Lipinski definition) is 1. The molecule has 1 atom stereocenters. The van der Waals surface area contributed by atoms with E-state index in [4.69, 9.17) is 11.6 Å². The van der Waals surface area contributed by atoms with Gasteiger partial charge in [-0.25, -0.2) is 0 Å². The second-order valence-corrected chi connectivity index (χ2v) is 5.57. The first kappa shape index (κ1) is 12.6. The highest BCUT2D eigenvalue weighted by Gasteiger charge is 2.11. The molecule has 2 aromatic rings. The topological polar surface area (TPSA) is 12.9 Å². The predicted molar refractivity (Wildman–Crippen MR) is 75.8 cm³/mol. The number of aromatic nitrogens is 1. The predicted octanol–water partition coefficient (Wildman–Crippen LogP) is 4.72. The number of aryl methyl sites for hydroxylation is 1. The van der Waals surface area contributed by atoms with Gasteiger partial charge in [-0.2, -0.15) is 0 Å². The summed E-state index contributed by atoms with van der Waals surface area (Å²) in [5.41, 5.74) is 3.76. The first-order valence-electron chi connectivity index (χ1n) is 5.46. The lowest BCUT2D eigenvalue weighted by Crippen LogP contribution is -1.98. The normalized spacial score (nSPS) is 12.4. The van der Waals surface area contributed by atoms with Crippen molar-refractivity contribution in [2.24, 2.45) is 0 Å². The standard InChI is InChI=1S/C14H13BrClN/c1-10-2-3-12(16)9-13(10)14(15)8-11-4-6-17-7-5-11/h2-7,9,14H,8H2,1H3. The summed E-state index contributed by atoms with van der Waals surface area (Å²) in [5, 5.41) is 0.782. The maximum absolute atomic E-state index is 6.03. The molecule has 17 heavy (non-hydrogen) atoms. The van der Waals surface area contributed by atoms with Crippen molar-refractivity contribution in [3.05, 3.63) is 64.4 Å². The van der Waals surface area contributed by atoms with E-state index in [1.165, 1.54) is 16.7 Å². The zero-order chi connectivity index (χ0) is 12.3. The molecule has 1 heterocycles. The van der Waals surface area contributed by atoms with E-state index in [0.717, 1.165) is 11.4 Å². The van der Waals surface area contributed by atoms with Crippen LogP contribution >= 0.6 is 27.5 Å². The second-order valence-electron chi connectivity index (χ2n) is 4.03. The minimum atomic E-state index is 0.281. The minimum absolute atomic E-state index is 0.281. The van der Waals surface area contributed by atoms with E-state index >= 15 is 0 Å². The van der Waals surface area contributed by atoms with Crippen LogP contribution in [0.3, 0.4) is 0 Å². The van der Waals surface area contributed by atoms with Crippen molar-refractivity contribution in [3.63, 3.8) is 0 Å². The third-order valence-corrected chi connectivity index (χ3v) is 3.80. The van der Waals surface area contributed by atoms with E-state index in [2.05, 4.69) is 33.9 Å². The number of hydrogen-bond donors (Lipinski definition) is 0. The average molecular weight is 311 g/mol. The van der Waals surface area contributed by atoms with Crippen molar-refractivity contribution in [2.75, 3.05) is 0 Å². The molecular weight excluding hydrogens is 298 g/mol. The number of halogens is 2. The summed E-state index contributed by atoms with van der Waals surface area (Å²) in [6.07, 6.45) is 4.57. The van der Waals surface area contributed by atoms with Crippen LogP contribution in [0.2, 0.25) is 5.02 Å². The summed E-state index contributed by atoms with van der Waals surface area (Å²) in [4.78, 5) is 4.30. The molecule has 0 bridgehead atoms.